The molecule has 1 saturated heterocycles. The number of rotatable bonds is 8. The summed E-state index contributed by atoms with van der Waals surface area (Å²) in [5, 5.41) is 4.84. The van der Waals surface area contributed by atoms with E-state index < -0.39 is 0 Å². The number of benzene rings is 1. The maximum Gasteiger partial charge on any atom is 0.130 e. The third kappa shape index (κ3) is 4.06. The number of nitrogen functional groups attached to an aromatic ring is 1. The fourth-order valence-corrected chi connectivity index (χ4v) is 4.74. The van der Waals surface area contributed by atoms with Crippen LogP contribution in [0, 0.1) is 0 Å². The first-order valence-electron chi connectivity index (χ1n) is 11.0. The highest BCUT2D eigenvalue weighted by Gasteiger charge is 2.20. The molecule has 4 rings (SSSR count). The van der Waals surface area contributed by atoms with Gasteiger partial charge in [0.25, 0.3) is 0 Å². The van der Waals surface area contributed by atoms with Crippen LogP contribution < -0.4 is 11.1 Å². The van der Waals surface area contributed by atoms with Crippen LogP contribution in [0.2, 0.25) is 0 Å². The molecule has 2 aromatic rings. The number of aromatic nitrogens is 1. The van der Waals surface area contributed by atoms with Crippen molar-refractivity contribution >= 4 is 22.4 Å². The average molecular weight is 367 g/mol. The number of nitrogens with zero attached hydrogens (tertiary/aromatic N) is 2. The number of nitrogens with two attached hydrogens (primary N) is 1. The molecule has 2 aliphatic rings. The molecule has 1 aliphatic heterocycles. The van der Waals surface area contributed by atoms with Gasteiger partial charge in [0.2, 0.25) is 0 Å². The molecule has 0 bridgehead atoms. The summed E-state index contributed by atoms with van der Waals surface area (Å²) >= 11 is 0. The molecule has 4 nitrogen and oxygen atoms in total. The summed E-state index contributed by atoms with van der Waals surface area (Å²) in [6, 6.07) is 4.46. The molecule has 1 aromatic heterocycles. The van der Waals surface area contributed by atoms with Crippen LogP contribution in [0.25, 0.3) is 10.9 Å². The van der Waals surface area contributed by atoms with Crippen LogP contribution in [0.3, 0.4) is 0 Å². The highest BCUT2D eigenvalue weighted by Crippen LogP contribution is 2.35. The van der Waals surface area contributed by atoms with Crippen molar-refractivity contribution in [3.05, 3.63) is 28.8 Å². The Balaban J connectivity index is 1.51. The summed E-state index contributed by atoms with van der Waals surface area (Å²) in [7, 11) is 0. The fourth-order valence-electron chi connectivity index (χ4n) is 4.74. The highest BCUT2D eigenvalue weighted by atomic mass is 15.1. The predicted octanol–water partition coefficient (Wildman–Crippen LogP) is 4.55. The number of anilines is 2. The molecule has 27 heavy (non-hydrogen) atoms. The number of likely N-dealkylation sites (tertiary alicyclic amines) is 1. The van der Waals surface area contributed by atoms with Crippen LogP contribution in [0.1, 0.15) is 62.1 Å². The third-order valence-corrected chi connectivity index (χ3v) is 6.23. The number of hydrogen-bond donors (Lipinski definition) is 2. The van der Waals surface area contributed by atoms with Crippen molar-refractivity contribution in [3.63, 3.8) is 0 Å². The summed E-state index contributed by atoms with van der Waals surface area (Å²) in [5.74, 6) is 1.11. The van der Waals surface area contributed by atoms with Gasteiger partial charge in [-0.15, -0.1) is 0 Å². The number of aryl methyl sites for hydroxylation is 2. The van der Waals surface area contributed by atoms with E-state index >= 15 is 0 Å². The number of nitrogens with one attached hydrogen (secondary N) is 1. The largest absolute Gasteiger partial charge is 0.398 e. The summed E-state index contributed by atoms with van der Waals surface area (Å²) in [4.78, 5) is 7.60. The second-order valence-corrected chi connectivity index (χ2v) is 8.27. The maximum absolute atomic E-state index is 6.45. The molecule has 0 saturated carbocycles. The summed E-state index contributed by atoms with van der Waals surface area (Å²) in [6.07, 6.45) is 10.9. The predicted molar refractivity (Wildman–Crippen MR) is 116 cm³/mol. The van der Waals surface area contributed by atoms with Crippen molar-refractivity contribution < 1.29 is 0 Å². The van der Waals surface area contributed by atoms with Crippen LogP contribution in [0.4, 0.5) is 11.5 Å². The molecule has 0 atom stereocenters. The zero-order valence-electron chi connectivity index (χ0n) is 16.8. The number of unbranched alkanes of at least 4 members (excludes halogenated alkanes) is 1. The number of hydrogen-bond acceptors (Lipinski definition) is 4. The zero-order valence-corrected chi connectivity index (χ0v) is 16.8. The van der Waals surface area contributed by atoms with E-state index in [0.29, 0.717) is 0 Å². The standard InChI is InChI=1S/C23H34N4/c1-2-11-25-23-19-10-7-9-18(19)20-16-21(24)17(15-22(20)26-23)8-3-4-12-27-13-5-6-14-27/h15-16H,2-14,24H2,1H3,(H,25,26). The lowest BCUT2D eigenvalue weighted by molar-refractivity contribution is 0.330. The van der Waals surface area contributed by atoms with Crippen LogP contribution >= 0.6 is 0 Å². The molecule has 0 radical (unpaired) electrons. The fraction of sp³-hybridized carbons (Fsp3) is 0.609. The highest BCUT2D eigenvalue weighted by molar-refractivity contribution is 5.90. The van der Waals surface area contributed by atoms with E-state index in [0.717, 1.165) is 49.2 Å². The summed E-state index contributed by atoms with van der Waals surface area (Å²) in [6.45, 7) is 7.02. The Morgan fingerprint density at radius 2 is 1.89 bits per heavy atom. The molecule has 2 heterocycles. The van der Waals surface area contributed by atoms with Crippen molar-refractivity contribution in [1.29, 1.82) is 0 Å². The zero-order chi connectivity index (χ0) is 18.6. The van der Waals surface area contributed by atoms with Gasteiger partial charge < -0.3 is 16.0 Å². The molecule has 3 N–H and O–H groups in total. The van der Waals surface area contributed by atoms with Crippen molar-refractivity contribution in [2.75, 3.05) is 37.2 Å². The van der Waals surface area contributed by atoms with Crippen molar-refractivity contribution in [2.45, 2.75) is 64.7 Å². The number of pyridine rings is 1. The Kier molecular flexibility index (Phi) is 5.82. The molecular formula is C23H34N4. The van der Waals surface area contributed by atoms with E-state index in [9.17, 15) is 0 Å². The Morgan fingerprint density at radius 3 is 2.70 bits per heavy atom. The van der Waals surface area contributed by atoms with Crippen LogP contribution in [0.15, 0.2) is 12.1 Å². The van der Waals surface area contributed by atoms with Gasteiger partial charge in [0.15, 0.2) is 0 Å². The van der Waals surface area contributed by atoms with Gasteiger partial charge in [0, 0.05) is 17.6 Å². The topological polar surface area (TPSA) is 54.2 Å². The van der Waals surface area contributed by atoms with E-state index in [-0.39, 0.29) is 0 Å². The second kappa shape index (κ2) is 8.47. The van der Waals surface area contributed by atoms with Crippen LogP contribution in [-0.2, 0) is 19.3 Å². The molecule has 1 fully saturated rings. The molecule has 0 spiro atoms. The van der Waals surface area contributed by atoms with Crippen molar-refractivity contribution in [2.24, 2.45) is 0 Å². The van der Waals surface area contributed by atoms with E-state index in [1.165, 1.54) is 73.8 Å². The summed E-state index contributed by atoms with van der Waals surface area (Å²) < 4.78 is 0. The van der Waals surface area contributed by atoms with Gasteiger partial charge in [0.1, 0.15) is 5.82 Å². The van der Waals surface area contributed by atoms with E-state index in [1.807, 2.05) is 0 Å². The average Bonchev–Trinajstić information content (AvgIpc) is 3.36. The molecule has 0 unspecified atom stereocenters. The van der Waals surface area contributed by atoms with Crippen molar-refractivity contribution in [3.8, 4) is 0 Å². The minimum absolute atomic E-state index is 0.953. The van der Waals surface area contributed by atoms with Crippen LogP contribution in [-0.4, -0.2) is 36.1 Å². The molecule has 1 aliphatic carbocycles. The number of fused-ring (bicyclic) bond motifs is 3. The SMILES string of the molecule is CCCNc1nc2cc(CCCCN3CCCC3)c(N)cc2c2c1CCC2. The van der Waals surface area contributed by atoms with Gasteiger partial charge in [-0.2, -0.15) is 0 Å². The lowest BCUT2D eigenvalue weighted by Gasteiger charge is -2.16. The van der Waals surface area contributed by atoms with Gasteiger partial charge >= 0.3 is 0 Å². The van der Waals surface area contributed by atoms with E-state index in [2.05, 4.69) is 29.3 Å². The Hall–Kier alpha value is -1.81. The molecule has 146 valence electrons. The molecule has 1 aromatic carbocycles. The van der Waals surface area contributed by atoms with Gasteiger partial charge in [-0.3, -0.25) is 0 Å². The Bertz CT molecular complexity index is 793. The van der Waals surface area contributed by atoms with Gasteiger partial charge in [-0.05, 0) is 106 Å². The first-order chi connectivity index (χ1) is 13.3. The minimum Gasteiger partial charge on any atom is -0.398 e. The normalized spacial score (nSPS) is 16.9. The second-order valence-electron chi connectivity index (χ2n) is 8.27. The third-order valence-electron chi connectivity index (χ3n) is 6.23. The molecule has 4 heteroatoms. The molecular weight excluding hydrogens is 332 g/mol. The van der Waals surface area contributed by atoms with Gasteiger partial charge in [-0.1, -0.05) is 6.92 Å². The van der Waals surface area contributed by atoms with E-state index in [4.69, 9.17) is 10.7 Å². The van der Waals surface area contributed by atoms with Gasteiger partial charge in [-0.25, -0.2) is 4.98 Å². The molecule has 0 amide bonds. The Morgan fingerprint density at radius 1 is 1.07 bits per heavy atom. The van der Waals surface area contributed by atoms with E-state index in [1.54, 1.807) is 0 Å². The van der Waals surface area contributed by atoms with Gasteiger partial charge in [0.05, 0.1) is 5.52 Å². The summed E-state index contributed by atoms with van der Waals surface area (Å²) in [5.41, 5.74) is 12.7. The lowest BCUT2D eigenvalue weighted by Crippen LogP contribution is -2.20. The Labute approximate surface area is 163 Å². The van der Waals surface area contributed by atoms with Crippen molar-refractivity contribution in [1.82, 2.24) is 9.88 Å². The first kappa shape index (κ1) is 18.5. The minimum atomic E-state index is 0.953. The lowest BCUT2D eigenvalue weighted by atomic mass is 9.99. The first-order valence-corrected chi connectivity index (χ1v) is 11.0. The smallest absolute Gasteiger partial charge is 0.130 e. The maximum atomic E-state index is 6.45. The van der Waals surface area contributed by atoms with Crippen LogP contribution in [0.5, 0.6) is 0 Å². The monoisotopic (exact) mass is 366 g/mol. The quantitative estimate of drug-likeness (QED) is 0.532.